The quantitative estimate of drug-likeness (QED) is 0.862. The number of carboxylic acid groups (broad SMARTS) is 1. The zero-order chi connectivity index (χ0) is 19.8. The van der Waals surface area contributed by atoms with Gasteiger partial charge in [0.25, 0.3) is 0 Å². The molecule has 0 unspecified atom stereocenters. The topological polar surface area (TPSA) is 83.9 Å². The van der Waals surface area contributed by atoms with E-state index in [1.54, 1.807) is 18.2 Å². The normalized spacial score (nSPS) is 20.2. The van der Waals surface area contributed by atoms with E-state index in [0.29, 0.717) is 18.6 Å². The van der Waals surface area contributed by atoms with Crippen molar-refractivity contribution in [2.24, 2.45) is 0 Å². The van der Waals surface area contributed by atoms with E-state index in [4.69, 9.17) is 9.84 Å². The second-order valence-electron chi connectivity index (χ2n) is 7.52. The fraction of sp³-hybridized carbons (Fsp3) is 0.409. The Bertz CT molecular complexity index is 883. The Labute approximate surface area is 163 Å². The predicted octanol–water partition coefficient (Wildman–Crippen LogP) is 3.19. The summed E-state index contributed by atoms with van der Waals surface area (Å²) in [6.45, 7) is -0.434. The molecule has 0 atom stereocenters. The average molecular weight is 381 g/mol. The van der Waals surface area contributed by atoms with Gasteiger partial charge >= 0.3 is 5.97 Å². The van der Waals surface area contributed by atoms with Crippen molar-refractivity contribution >= 4 is 17.5 Å². The zero-order valence-corrected chi connectivity index (χ0v) is 15.9. The number of hydrogen-bond donors (Lipinski definition) is 1. The van der Waals surface area contributed by atoms with Crippen molar-refractivity contribution in [2.75, 3.05) is 13.7 Å². The van der Waals surface area contributed by atoms with E-state index in [9.17, 15) is 14.4 Å². The fourth-order valence-electron chi connectivity index (χ4n) is 4.61. The smallest absolute Gasteiger partial charge is 0.341 e. The van der Waals surface area contributed by atoms with Crippen molar-refractivity contribution < 1.29 is 24.2 Å². The van der Waals surface area contributed by atoms with E-state index in [2.05, 4.69) is 4.90 Å². The molecule has 1 aromatic carbocycles. The van der Waals surface area contributed by atoms with Gasteiger partial charge < -0.3 is 14.7 Å². The van der Waals surface area contributed by atoms with Crippen LogP contribution in [0, 0.1) is 0 Å². The zero-order valence-electron chi connectivity index (χ0n) is 15.9. The van der Waals surface area contributed by atoms with Crippen molar-refractivity contribution in [3.63, 3.8) is 0 Å². The molecular weight excluding hydrogens is 358 g/mol. The molecule has 0 amide bonds. The monoisotopic (exact) mass is 381 g/mol. The molecule has 146 valence electrons. The number of benzene rings is 1. The number of carboxylic acids is 1. The summed E-state index contributed by atoms with van der Waals surface area (Å²) in [5, 5.41) is 8.87. The Morgan fingerprint density at radius 2 is 1.68 bits per heavy atom. The molecule has 1 heterocycles. The number of hydrogen-bond acceptors (Lipinski definition) is 5. The Kier molecular flexibility index (Phi) is 4.79. The number of carbonyl (C=O) groups is 3. The van der Waals surface area contributed by atoms with Crippen LogP contribution in [0.2, 0.25) is 0 Å². The minimum Gasteiger partial charge on any atom is -0.482 e. The number of Topliss-reactive ketones (excluding diaryl/α,β-unsaturated/α-hetero) is 2. The second kappa shape index (κ2) is 7.26. The van der Waals surface area contributed by atoms with Gasteiger partial charge in [0.1, 0.15) is 5.75 Å². The van der Waals surface area contributed by atoms with Crippen LogP contribution >= 0.6 is 0 Å². The predicted molar refractivity (Wildman–Crippen MR) is 102 cm³/mol. The molecule has 0 spiro atoms. The van der Waals surface area contributed by atoms with Crippen LogP contribution in [0.1, 0.15) is 50.0 Å². The van der Waals surface area contributed by atoms with Crippen LogP contribution in [0.4, 0.5) is 0 Å². The van der Waals surface area contributed by atoms with E-state index >= 15 is 0 Å². The number of carbonyl (C=O) groups excluding carboxylic acids is 2. The van der Waals surface area contributed by atoms with E-state index in [-0.39, 0.29) is 11.6 Å². The van der Waals surface area contributed by atoms with Crippen LogP contribution in [0.5, 0.6) is 5.75 Å². The summed E-state index contributed by atoms with van der Waals surface area (Å²) >= 11 is 0. The van der Waals surface area contributed by atoms with E-state index in [1.807, 2.05) is 13.1 Å². The Morgan fingerprint density at radius 3 is 2.25 bits per heavy atom. The van der Waals surface area contributed by atoms with Crippen molar-refractivity contribution in [3.05, 3.63) is 52.4 Å². The summed E-state index contributed by atoms with van der Waals surface area (Å²) in [7, 11) is 1.96. The molecular formula is C22H23NO5. The van der Waals surface area contributed by atoms with Crippen LogP contribution < -0.4 is 4.74 Å². The summed E-state index contributed by atoms with van der Waals surface area (Å²) in [5.74, 6) is -0.825. The third-order valence-electron chi connectivity index (χ3n) is 5.80. The number of allylic oxidation sites excluding steroid dienone is 4. The molecule has 4 rings (SSSR count). The first-order valence-electron chi connectivity index (χ1n) is 9.68. The second-order valence-corrected chi connectivity index (χ2v) is 7.52. The fourth-order valence-corrected chi connectivity index (χ4v) is 4.61. The number of ether oxygens (including phenoxy) is 1. The lowest BCUT2D eigenvalue weighted by Gasteiger charge is -2.42. The summed E-state index contributed by atoms with van der Waals surface area (Å²) in [6, 6.07) is 7.13. The average Bonchev–Trinajstić information content (AvgIpc) is 2.68. The third kappa shape index (κ3) is 3.13. The Hall–Kier alpha value is -2.89. The van der Waals surface area contributed by atoms with Gasteiger partial charge in [-0.3, -0.25) is 9.59 Å². The van der Waals surface area contributed by atoms with Crippen molar-refractivity contribution in [3.8, 4) is 5.75 Å². The molecule has 6 nitrogen and oxygen atoms in total. The lowest BCUT2D eigenvalue weighted by Crippen LogP contribution is -2.37. The van der Waals surface area contributed by atoms with Gasteiger partial charge in [-0.2, -0.15) is 0 Å². The SMILES string of the molecule is CN1C2=C(C(=O)CCC2)C(c2cccc(OCC(=O)O)c2)C2=C1CCCC2=O. The minimum atomic E-state index is -1.05. The van der Waals surface area contributed by atoms with E-state index in [1.165, 1.54) is 0 Å². The first-order valence-corrected chi connectivity index (χ1v) is 9.68. The van der Waals surface area contributed by atoms with Gasteiger partial charge in [0.15, 0.2) is 18.2 Å². The summed E-state index contributed by atoms with van der Waals surface area (Å²) in [5.41, 5.74) is 4.29. The number of aliphatic carboxylic acids is 1. The van der Waals surface area contributed by atoms with Gasteiger partial charge in [-0.05, 0) is 43.4 Å². The summed E-state index contributed by atoms with van der Waals surface area (Å²) in [6.07, 6.45) is 4.30. The standard InChI is InChI=1S/C22H23NO5/c1-23-15-7-3-9-17(24)21(15)20(22-16(23)8-4-10-18(22)25)13-5-2-6-14(11-13)28-12-19(26)27/h2,5-6,11,20H,3-4,7-10,12H2,1H3,(H,26,27). The minimum absolute atomic E-state index is 0.0971. The van der Waals surface area contributed by atoms with Crippen molar-refractivity contribution in [1.29, 1.82) is 0 Å². The first kappa shape index (κ1) is 18.5. The van der Waals surface area contributed by atoms with Gasteiger partial charge in [-0.15, -0.1) is 0 Å². The van der Waals surface area contributed by atoms with Crippen molar-refractivity contribution in [2.45, 2.75) is 44.4 Å². The van der Waals surface area contributed by atoms with E-state index < -0.39 is 18.5 Å². The van der Waals surface area contributed by atoms with Gasteiger partial charge in [0, 0.05) is 48.3 Å². The Balaban J connectivity index is 1.84. The number of ketones is 2. The maximum Gasteiger partial charge on any atom is 0.341 e. The largest absolute Gasteiger partial charge is 0.482 e. The molecule has 28 heavy (non-hydrogen) atoms. The lowest BCUT2D eigenvalue weighted by molar-refractivity contribution is -0.139. The van der Waals surface area contributed by atoms with Gasteiger partial charge in [-0.25, -0.2) is 4.79 Å². The first-order chi connectivity index (χ1) is 13.5. The molecule has 1 aliphatic heterocycles. The summed E-state index contributed by atoms with van der Waals surface area (Å²) < 4.78 is 5.33. The van der Waals surface area contributed by atoms with Gasteiger partial charge in [0.2, 0.25) is 0 Å². The van der Waals surface area contributed by atoms with Crippen LogP contribution in [0.3, 0.4) is 0 Å². The van der Waals surface area contributed by atoms with Gasteiger partial charge in [-0.1, -0.05) is 12.1 Å². The highest BCUT2D eigenvalue weighted by Gasteiger charge is 2.42. The molecule has 2 aliphatic carbocycles. The molecule has 6 heteroatoms. The highest BCUT2D eigenvalue weighted by molar-refractivity contribution is 6.06. The lowest BCUT2D eigenvalue weighted by atomic mass is 9.71. The molecule has 0 radical (unpaired) electrons. The van der Waals surface area contributed by atoms with E-state index in [0.717, 1.165) is 53.8 Å². The molecule has 1 N–H and O–H groups in total. The molecule has 3 aliphatic rings. The number of rotatable bonds is 4. The molecule has 0 aromatic heterocycles. The van der Waals surface area contributed by atoms with Crippen LogP contribution in [-0.2, 0) is 14.4 Å². The molecule has 0 bridgehead atoms. The third-order valence-corrected chi connectivity index (χ3v) is 5.80. The molecule has 0 saturated carbocycles. The number of nitrogens with zero attached hydrogens (tertiary/aromatic N) is 1. The van der Waals surface area contributed by atoms with Gasteiger partial charge in [0.05, 0.1) is 0 Å². The molecule has 1 aromatic rings. The summed E-state index contributed by atoms with van der Waals surface area (Å²) in [4.78, 5) is 38.7. The molecule has 0 saturated heterocycles. The highest BCUT2D eigenvalue weighted by atomic mass is 16.5. The maximum absolute atomic E-state index is 12.9. The van der Waals surface area contributed by atoms with Crippen LogP contribution in [-0.4, -0.2) is 41.2 Å². The molecule has 0 fully saturated rings. The van der Waals surface area contributed by atoms with Crippen molar-refractivity contribution in [1.82, 2.24) is 4.90 Å². The maximum atomic E-state index is 12.9. The van der Waals surface area contributed by atoms with Crippen LogP contribution in [0.15, 0.2) is 46.8 Å². The highest BCUT2D eigenvalue weighted by Crippen LogP contribution is 2.48. The van der Waals surface area contributed by atoms with Crippen LogP contribution in [0.25, 0.3) is 0 Å². The Morgan fingerprint density at radius 1 is 1.07 bits per heavy atom.